The van der Waals surface area contributed by atoms with Gasteiger partial charge in [-0.1, -0.05) is 63.2 Å². The van der Waals surface area contributed by atoms with E-state index in [9.17, 15) is 13.2 Å². The Morgan fingerprint density at radius 3 is 2.42 bits per heavy atom. The first kappa shape index (κ1) is 27.1. The van der Waals surface area contributed by atoms with Crippen molar-refractivity contribution in [3.05, 3.63) is 89.8 Å². The number of nitrogens with one attached hydrogen (secondary N) is 1. The summed E-state index contributed by atoms with van der Waals surface area (Å²) >= 11 is 0. The molecular weight excluding hydrogens is 494 g/mol. The van der Waals surface area contributed by atoms with Gasteiger partial charge in [-0.25, -0.2) is 14.4 Å². The zero-order valence-corrected chi connectivity index (χ0v) is 21.5. The fraction of sp³-hybridized carbons (Fsp3) is 0.267. The first-order valence-electron chi connectivity index (χ1n) is 12.5. The Balaban J connectivity index is 1.89. The van der Waals surface area contributed by atoms with Gasteiger partial charge in [-0.2, -0.15) is 13.2 Å². The van der Waals surface area contributed by atoms with Crippen molar-refractivity contribution in [2.45, 2.75) is 45.2 Å². The second-order valence-corrected chi connectivity index (χ2v) is 8.99. The Bertz CT molecular complexity index is 1470. The number of halogens is 4. The summed E-state index contributed by atoms with van der Waals surface area (Å²) in [4.78, 5) is 8.97. The van der Waals surface area contributed by atoms with Gasteiger partial charge in [0.15, 0.2) is 5.82 Å². The first-order chi connectivity index (χ1) is 18.2. The predicted molar refractivity (Wildman–Crippen MR) is 144 cm³/mol. The minimum Gasteiger partial charge on any atom is -0.494 e. The lowest BCUT2D eigenvalue weighted by Crippen LogP contribution is -2.11. The van der Waals surface area contributed by atoms with Crippen LogP contribution in [0.4, 0.5) is 23.4 Å². The molecule has 198 valence electrons. The molecule has 1 atom stereocenters. The van der Waals surface area contributed by atoms with Crippen molar-refractivity contribution in [3.8, 4) is 17.1 Å². The van der Waals surface area contributed by atoms with Gasteiger partial charge in [0.1, 0.15) is 22.9 Å². The molecule has 8 heteroatoms. The van der Waals surface area contributed by atoms with Crippen LogP contribution in [0, 0.1) is 5.82 Å². The number of para-hydroxylation sites is 1. The molecule has 4 aromatic rings. The smallest absolute Gasteiger partial charge is 0.417 e. The number of alkyl halides is 3. The van der Waals surface area contributed by atoms with E-state index in [0.29, 0.717) is 33.5 Å². The molecule has 0 saturated heterocycles. The molecule has 4 nitrogen and oxygen atoms in total. The van der Waals surface area contributed by atoms with Crippen LogP contribution in [-0.2, 0) is 6.18 Å². The molecule has 4 rings (SSSR count). The molecule has 0 bridgehead atoms. The van der Waals surface area contributed by atoms with E-state index in [0.717, 1.165) is 25.3 Å². The lowest BCUT2D eigenvalue weighted by atomic mass is 9.87. The van der Waals surface area contributed by atoms with Crippen LogP contribution in [0.2, 0.25) is 0 Å². The van der Waals surface area contributed by atoms with Crippen LogP contribution in [-0.4, -0.2) is 17.1 Å². The van der Waals surface area contributed by atoms with Crippen molar-refractivity contribution in [3.63, 3.8) is 0 Å². The number of rotatable bonds is 9. The minimum atomic E-state index is -4.60. The number of hydrogen-bond acceptors (Lipinski definition) is 4. The average molecular weight is 524 g/mol. The lowest BCUT2D eigenvalue weighted by molar-refractivity contribution is -0.137. The summed E-state index contributed by atoms with van der Waals surface area (Å²) in [5.74, 6) is 0.169. The van der Waals surface area contributed by atoms with Gasteiger partial charge in [-0.05, 0) is 43.0 Å². The normalized spacial score (nSPS) is 12.4. The fourth-order valence-electron chi connectivity index (χ4n) is 4.76. The van der Waals surface area contributed by atoms with Crippen molar-refractivity contribution in [2.24, 2.45) is 0 Å². The van der Waals surface area contributed by atoms with Gasteiger partial charge in [0, 0.05) is 27.8 Å². The Labute approximate surface area is 219 Å². The quantitative estimate of drug-likeness (QED) is 0.223. The molecule has 1 aromatic heterocycles. The van der Waals surface area contributed by atoms with Gasteiger partial charge in [-0.3, -0.25) is 0 Å². The second-order valence-electron chi connectivity index (χ2n) is 8.99. The molecule has 3 aromatic carbocycles. The van der Waals surface area contributed by atoms with Crippen LogP contribution in [0.15, 0.2) is 67.2 Å². The Kier molecular flexibility index (Phi) is 7.99. The van der Waals surface area contributed by atoms with Crippen LogP contribution in [0.3, 0.4) is 0 Å². The molecule has 0 aliphatic rings. The number of benzene rings is 3. The van der Waals surface area contributed by atoms with E-state index in [4.69, 9.17) is 4.74 Å². The summed E-state index contributed by atoms with van der Waals surface area (Å²) in [6, 6.07) is 15.1. The summed E-state index contributed by atoms with van der Waals surface area (Å²) < 4.78 is 62.0. The van der Waals surface area contributed by atoms with Crippen molar-refractivity contribution in [2.75, 3.05) is 12.4 Å². The van der Waals surface area contributed by atoms with Gasteiger partial charge in [0.05, 0.1) is 12.7 Å². The molecule has 0 amide bonds. The lowest BCUT2D eigenvalue weighted by Gasteiger charge is -2.22. The molecule has 0 spiro atoms. The van der Waals surface area contributed by atoms with Gasteiger partial charge in [0.2, 0.25) is 0 Å². The van der Waals surface area contributed by atoms with E-state index in [1.807, 2.05) is 6.92 Å². The summed E-state index contributed by atoms with van der Waals surface area (Å²) in [5.41, 5.74) is 0.861. The molecule has 0 radical (unpaired) electrons. The van der Waals surface area contributed by atoms with Crippen molar-refractivity contribution in [1.82, 2.24) is 9.97 Å². The monoisotopic (exact) mass is 523 g/mol. The molecule has 38 heavy (non-hydrogen) atoms. The van der Waals surface area contributed by atoms with E-state index in [1.54, 1.807) is 30.3 Å². The molecule has 0 saturated carbocycles. The van der Waals surface area contributed by atoms with E-state index in [1.165, 1.54) is 31.4 Å². The van der Waals surface area contributed by atoms with Gasteiger partial charge in [-0.15, -0.1) is 0 Å². The van der Waals surface area contributed by atoms with Gasteiger partial charge < -0.3 is 10.1 Å². The van der Waals surface area contributed by atoms with Gasteiger partial charge >= 0.3 is 6.18 Å². The summed E-state index contributed by atoms with van der Waals surface area (Å²) in [5, 5.41) is 3.69. The molecular formula is C30H29F4N3O. The Morgan fingerprint density at radius 2 is 1.74 bits per heavy atom. The van der Waals surface area contributed by atoms with Crippen LogP contribution < -0.4 is 10.1 Å². The average Bonchev–Trinajstić information content (AvgIpc) is 2.91. The van der Waals surface area contributed by atoms with Crippen molar-refractivity contribution >= 4 is 22.4 Å². The highest BCUT2D eigenvalue weighted by Gasteiger charge is 2.34. The summed E-state index contributed by atoms with van der Waals surface area (Å²) in [6.45, 7) is 8.23. The highest BCUT2D eigenvalue weighted by molar-refractivity contribution is 5.97. The van der Waals surface area contributed by atoms with Crippen LogP contribution >= 0.6 is 0 Å². The fourth-order valence-corrected chi connectivity index (χ4v) is 4.76. The Morgan fingerprint density at radius 1 is 1.00 bits per heavy atom. The third-order valence-electron chi connectivity index (χ3n) is 6.57. The largest absolute Gasteiger partial charge is 0.494 e. The number of anilines is 1. The third kappa shape index (κ3) is 5.35. The molecule has 1 N–H and O–H groups in total. The molecule has 1 unspecified atom stereocenters. The first-order valence-corrected chi connectivity index (χ1v) is 12.5. The molecule has 0 aliphatic heterocycles. The number of methoxy groups -OCH3 is 1. The van der Waals surface area contributed by atoms with Gasteiger partial charge in [0.25, 0.3) is 0 Å². The zero-order valence-electron chi connectivity index (χ0n) is 21.5. The van der Waals surface area contributed by atoms with E-state index in [-0.39, 0.29) is 28.9 Å². The molecule has 0 aliphatic carbocycles. The zero-order chi connectivity index (χ0) is 27.4. The van der Waals surface area contributed by atoms with E-state index < -0.39 is 11.7 Å². The number of aromatic nitrogens is 2. The minimum absolute atomic E-state index is 0.00814. The topological polar surface area (TPSA) is 47.0 Å². The van der Waals surface area contributed by atoms with E-state index in [2.05, 4.69) is 28.8 Å². The standard InChI is InChI=1S/C30H29F4N3O/c1-5-11-19(6-2)26-20(13-9-16-24(26)31)18(3)35-29-22-14-10-17-25(38-4)27(22)36-28(37-29)21-12-7-8-15-23(21)30(32,33)34/h7-10,12-17,19H,3,5-6,11H2,1-2,4H3,(H,35,36,37). The SMILES string of the molecule is C=C(Nc1nc(-c2ccccc2C(F)(F)F)nc2c(OC)cccc12)c1cccc(F)c1C(CC)CCC. The molecule has 0 fully saturated rings. The van der Waals surface area contributed by atoms with Crippen LogP contribution in [0.25, 0.3) is 28.0 Å². The maximum absolute atomic E-state index is 15.1. The molecule has 1 heterocycles. The number of hydrogen-bond donors (Lipinski definition) is 1. The number of nitrogens with zero attached hydrogens (tertiary/aromatic N) is 2. The summed E-state index contributed by atoms with van der Waals surface area (Å²) in [7, 11) is 1.46. The predicted octanol–water partition coefficient (Wildman–Crippen LogP) is 8.84. The van der Waals surface area contributed by atoms with Crippen molar-refractivity contribution in [1.29, 1.82) is 0 Å². The third-order valence-corrected chi connectivity index (χ3v) is 6.57. The van der Waals surface area contributed by atoms with Crippen molar-refractivity contribution < 1.29 is 22.3 Å². The van der Waals surface area contributed by atoms with Crippen LogP contribution in [0.5, 0.6) is 5.75 Å². The highest BCUT2D eigenvalue weighted by atomic mass is 19.4. The Hall–Kier alpha value is -3.94. The highest BCUT2D eigenvalue weighted by Crippen LogP contribution is 2.39. The number of ether oxygens (including phenoxy) is 1. The summed E-state index contributed by atoms with van der Waals surface area (Å²) in [6.07, 6.45) is -2.15. The maximum Gasteiger partial charge on any atom is 0.417 e. The van der Waals surface area contributed by atoms with Crippen LogP contribution in [0.1, 0.15) is 55.7 Å². The maximum atomic E-state index is 15.1. The number of fused-ring (bicyclic) bond motifs is 1. The second kappa shape index (κ2) is 11.2. The van der Waals surface area contributed by atoms with E-state index >= 15 is 4.39 Å².